The predicted molar refractivity (Wildman–Crippen MR) is 149 cm³/mol. The molecule has 1 atom stereocenters. The molecule has 0 amide bonds. The van der Waals surface area contributed by atoms with Gasteiger partial charge in [-0.2, -0.15) is 5.10 Å². The summed E-state index contributed by atoms with van der Waals surface area (Å²) < 4.78 is 21.3. The highest BCUT2D eigenvalue weighted by molar-refractivity contribution is 5.67. The van der Waals surface area contributed by atoms with Crippen LogP contribution in [0.25, 0.3) is 11.3 Å². The lowest BCUT2D eigenvalue weighted by molar-refractivity contribution is 0.354. The molecule has 0 N–H and O–H groups in total. The van der Waals surface area contributed by atoms with Gasteiger partial charge < -0.3 is 14.2 Å². The van der Waals surface area contributed by atoms with Crippen molar-refractivity contribution in [3.63, 3.8) is 0 Å². The third-order valence-electron chi connectivity index (χ3n) is 7.21. The van der Waals surface area contributed by atoms with E-state index in [0.29, 0.717) is 41.2 Å². The van der Waals surface area contributed by atoms with E-state index in [1.165, 1.54) is 0 Å². The molecule has 6 aromatic rings. The zero-order valence-electron chi connectivity index (χ0n) is 22.3. The van der Waals surface area contributed by atoms with E-state index in [9.17, 15) is 0 Å². The molecule has 0 bridgehead atoms. The zero-order chi connectivity index (χ0) is 27.2. The Morgan fingerprint density at radius 1 is 0.850 bits per heavy atom. The summed E-state index contributed by atoms with van der Waals surface area (Å²) in [6, 6.07) is 26.1. The maximum Gasteiger partial charge on any atom is 0.230 e. The molecule has 9 nitrogen and oxygen atoms in total. The molecule has 0 radical (unpaired) electrons. The number of aryl methyl sites for hydroxylation is 1. The van der Waals surface area contributed by atoms with Gasteiger partial charge in [0.25, 0.3) is 0 Å². The molecule has 0 fully saturated rings. The van der Waals surface area contributed by atoms with Crippen LogP contribution in [0.2, 0.25) is 0 Å². The number of ether oxygens (including phenoxy) is 3. The molecule has 3 aromatic carbocycles. The van der Waals surface area contributed by atoms with Crippen molar-refractivity contribution in [1.29, 1.82) is 0 Å². The van der Waals surface area contributed by atoms with E-state index < -0.39 is 0 Å². The molecule has 40 heavy (non-hydrogen) atoms. The van der Waals surface area contributed by atoms with Crippen LogP contribution in [-0.4, -0.2) is 43.6 Å². The normalized spacial score (nSPS) is 13.9. The van der Waals surface area contributed by atoms with E-state index >= 15 is 0 Å². The van der Waals surface area contributed by atoms with Gasteiger partial charge in [-0.1, -0.05) is 54.6 Å². The summed E-state index contributed by atoms with van der Waals surface area (Å²) in [5.41, 5.74) is 6.30. The van der Waals surface area contributed by atoms with Gasteiger partial charge in [0.15, 0.2) is 23.0 Å². The molecule has 7 rings (SSSR count). The largest absolute Gasteiger partial charge is 0.493 e. The summed E-state index contributed by atoms with van der Waals surface area (Å²) in [5.74, 6) is 2.79. The third-order valence-corrected chi connectivity index (χ3v) is 7.21. The van der Waals surface area contributed by atoms with Gasteiger partial charge in [0, 0.05) is 6.42 Å². The Morgan fingerprint density at radius 2 is 1.60 bits per heavy atom. The molecule has 0 spiro atoms. The molecule has 0 saturated carbocycles. The number of methoxy groups -OCH3 is 2. The van der Waals surface area contributed by atoms with Crippen LogP contribution < -0.4 is 14.2 Å². The van der Waals surface area contributed by atoms with Crippen LogP contribution in [0.1, 0.15) is 39.7 Å². The lowest BCUT2D eigenvalue weighted by Crippen LogP contribution is -2.16. The smallest absolute Gasteiger partial charge is 0.230 e. The van der Waals surface area contributed by atoms with E-state index in [-0.39, 0.29) is 5.92 Å². The number of rotatable bonds is 6. The van der Waals surface area contributed by atoms with Gasteiger partial charge >= 0.3 is 0 Å². The van der Waals surface area contributed by atoms with E-state index in [4.69, 9.17) is 34.4 Å². The van der Waals surface area contributed by atoms with Crippen LogP contribution in [-0.2, 0) is 6.42 Å². The van der Waals surface area contributed by atoms with E-state index in [0.717, 1.165) is 33.6 Å². The topological polar surface area (TPSA) is 88.6 Å². The highest BCUT2D eigenvalue weighted by atomic mass is 16.5. The van der Waals surface area contributed by atoms with E-state index in [1.807, 2.05) is 78.3 Å². The summed E-state index contributed by atoms with van der Waals surface area (Å²) in [6.07, 6.45) is 2.26. The maximum atomic E-state index is 6.52. The van der Waals surface area contributed by atoms with Crippen LogP contribution >= 0.6 is 0 Å². The Labute approximate surface area is 230 Å². The summed E-state index contributed by atoms with van der Waals surface area (Å²) in [4.78, 5) is 9.69. The first-order valence-corrected chi connectivity index (χ1v) is 13.0. The summed E-state index contributed by atoms with van der Waals surface area (Å²) >= 11 is 0. The van der Waals surface area contributed by atoms with Crippen molar-refractivity contribution in [1.82, 2.24) is 29.4 Å². The number of nitrogens with zero attached hydrogens (tertiary/aromatic N) is 6. The second-order valence-corrected chi connectivity index (χ2v) is 9.62. The van der Waals surface area contributed by atoms with Crippen LogP contribution in [0.4, 0.5) is 0 Å². The molecule has 4 heterocycles. The first kappa shape index (κ1) is 23.9. The summed E-state index contributed by atoms with van der Waals surface area (Å²) in [6.45, 7) is 2.00. The Balaban J connectivity index is 1.45. The molecular formula is C31H26N6O3. The summed E-state index contributed by atoms with van der Waals surface area (Å²) in [5, 5.41) is 9.66. The van der Waals surface area contributed by atoms with Crippen molar-refractivity contribution in [2.24, 2.45) is 0 Å². The molecule has 9 heteroatoms. The number of hydrogen-bond donors (Lipinski definition) is 0. The second-order valence-electron chi connectivity index (χ2n) is 9.62. The fourth-order valence-corrected chi connectivity index (χ4v) is 5.39. The van der Waals surface area contributed by atoms with Gasteiger partial charge in [-0.15, -0.1) is 5.10 Å². The summed E-state index contributed by atoms with van der Waals surface area (Å²) in [7, 11) is 3.27. The van der Waals surface area contributed by atoms with Gasteiger partial charge in [-0.3, -0.25) is 0 Å². The minimum absolute atomic E-state index is 0.291. The van der Waals surface area contributed by atoms with Crippen LogP contribution in [0, 0.1) is 6.92 Å². The zero-order valence-corrected chi connectivity index (χ0v) is 22.3. The molecule has 3 aromatic heterocycles. The highest BCUT2D eigenvalue weighted by Gasteiger charge is 2.38. The minimum Gasteiger partial charge on any atom is -0.493 e. The van der Waals surface area contributed by atoms with Gasteiger partial charge in [-0.05, 0) is 42.3 Å². The molecule has 0 saturated heterocycles. The van der Waals surface area contributed by atoms with Gasteiger partial charge in [0.1, 0.15) is 6.33 Å². The average Bonchev–Trinajstić information content (AvgIpc) is 3.56. The number of aromatic nitrogens is 6. The average molecular weight is 531 g/mol. The van der Waals surface area contributed by atoms with Crippen LogP contribution in [0.15, 0.2) is 85.2 Å². The maximum absolute atomic E-state index is 6.52. The van der Waals surface area contributed by atoms with Crippen molar-refractivity contribution in [2.45, 2.75) is 19.3 Å². The molecule has 1 aliphatic rings. The number of para-hydroxylation sites is 1. The molecule has 198 valence electrons. The van der Waals surface area contributed by atoms with Crippen molar-refractivity contribution < 1.29 is 14.2 Å². The first-order chi connectivity index (χ1) is 19.6. The monoisotopic (exact) mass is 530 g/mol. The van der Waals surface area contributed by atoms with E-state index in [1.54, 1.807) is 25.1 Å². The lowest BCUT2D eigenvalue weighted by atomic mass is 9.84. The Hall–Kier alpha value is -5.18. The quantitative estimate of drug-likeness (QED) is 0.280. The Kier molecular flexibility index (Phi) is 5.70. The first-order valence-electron chi connectivity index (χ1n) is 13.0. The fraction of sp³-hybridized carbons (Fsp3) is 0.161. The molecule has 0 aliphatic carbocycles. The number of hydrogen-bond acceptors (Lipinski definition) is 7. The predicted octanol–water partition coefficient (Wildman–Crippen LogP) is 5.51. The molecule has 0 unspecified atom stereocenters. The van der Waals surface area contributed by atoms with Crippen molar-refractivity contribution in [3.05, 3.63) is 119 Å². The Bertz CT molecular complexity index is 1850. The second kappa shape index (κ2) is 9.53. The highest BCUT2D eigenvalue weighted by Crippen LogP contribution is 2.50. The standard InChI is InChI=1S/C31H26N6O3/c1-19-26-27(21-14-15-23(38-2)24(17-21)39-3)28-29-33-25(16-20-10-6-4-7-11-20)35-36(29)18-32-30(28)40-31(26)37(34-19)22-12-8-5-9-13-22/h4-15,17-18,27H,16H2,1-3H3/t27-/m1/s1. The van der Waals surface area contributed by atoms with Gasteiger partial charge in [-0.25, -0.2) is 19.2 Å². The fourth-order valence-electron chi connectivity index (χ4n) is 5.39. The van der Waals surface area contributed by atoms with Crippen molar-refractivity contribution in [2.75, 3.05) is 14.2 Å². The lowest BCUT2D eigenvalue weighted by Gasteiger charge is -2.26. The SMILES string of the molecule is COc1ccc([C@@H]2c3c(C)nn(-c4ccccc4)c3Oc3ncn4nc(Cc5ccccc5)nc4c32)cc1OC. The van der Waals surface area contributed by atoms with Gasteiger partial charge in [0.05, 0.1) is 42.6 Å². The number of fused-ring (bicyclic) bond motifs is 4. The van der Waals surface area contributed by atoms with Crippen molar-refractivity contribution >= 4 is 5.65 Å². The molecule has 1 aliphatic heterocycles. The van der Waals surface area contributed by atoms with E-state index in [2.05, 4.69) is 12.1 Å². The Morgan fingerprint density at radius 3 is 2.35 bits per heavy atom. The molecular weight excluding hydrogens is 504 g/mol. The van der Waals surface area contributed by atoms with Crippen LogP contribution in [0.3, 0.4) is 0 Å². The van der Waals surface area contributed by atoms with Gasteiger partial charge in [0.2, 0.25) is 11.8 Å². The third kappa shape index (κ3) is 3.86. The van der Waals surface area contributed by atoms with Crippen molar-refractivity contribution in [3.8, 4) is 28.9 Å². The number of benzene rings is 3. The minimum atomic E-state index is -0.291. The van der Waals surface area contributed by atoms with Crippen LogP contribution in [0.5, 0.6) is 23.3 Å².